The highest BCUT2D eigenvalue weighted by Crippen LogP contribution is 2.22. The summed E-state index contributed by atoms with van der Waals surface area (Å²) in [7, 11) is 0. The van der Waals surface area contributed by atoms with Gasteiger partial charge in [-0.25, -0.2) is 9.37 Å². The Morgan fingerprint density at radius 3 is 2.53 bits per heavy atom. The number of halogens is 1. The van der Waals surface area contributed by atoms with Gasteiger partial charge in [-0.1, -0.05) is 0 Å². The van der Waals surface area contributed by atoms with Gasteiger partial charge in [0.2, 0.25) is 5.78 Å². The van der Waals surface area contributed by atoms with E-state index in [0.717, 1.165) is 10.7 Å². The van der Waals surface area contributed by atoms with E-state index in [1.165, 1.54) is 29.5 Å². The lowest BCUT2D eigenvalue weighted by atomic mass is 10.0. The van der Waals surface area contributed by atoms with Crippen LogP contribution in [0, 0.1) is 26.6 Å². The van der Waals surface area contributed by atoms with E-state index >= 15 is 0 Å². The highest BCUT2D eigenvalue weighted by Gasteiger charge is 2.17. The van der Waals surface area contributed by atoms with Crippen LogP contribution in [0.1, 0.15) is 31.5 Å². The summed E-state index contributed by atoms with van der Waals surface area (Å²) in [4.78, 5) is 17.1. The van der Waals surface area contributed by atoms with E-state index in [9.17, 15) is 9.18 Å². The van der Waals surface area contributed by atoms with Crippen LogP contribution in [-0.2, 0) is 0 Å². The maximum absolute atomic E-state index is 13.0. The number of carbonyl (C=O) groups excluding carboxylic acids is 1. The van der Waals surface area contributed by atoms with Crippen molar-refractivity contribution >= 4 is 17.1 Å². The summed E-state index contributed by atoms with van der Waals surface area (Å²) in [6, 6.07) is 4.21. The average molecular weight is 249 g/mol. The standard InChI is InChI=1S/C13H12FNOS/c1-7-6-10(14)4-5-11(7)12(16)13-8(2)15-9(3)17-13/h4-6H,1-3H3. The minimum absolute atomic E-state index is 0.0781. The zero-order valence-corrected chi connectivity index (χ0v) is 10.7. The van der Waals surface area contributed by atoms with Crippen molar-refractivity contribution in [2.75, 3.05) is 0 Å². The molecule has 2 aromatic rings. The Kier molecular flexibility index (Phi) is 3.07. The number of aryl methyl sites for hydroxylation is 3. The SMILES string of the molecule is Cc1nc(C)c(C(=O)c2ccc(F)cc2C)s1. The lowest BCUT2D eigenvalue weighted by Gasteiger charge is -2.03. The molecule has 0 aliphatic rings. The van der Waals surface area contributed by atoms with E-state index in [-0.39, 0.29) is 11.6 Å². The van der Waals surface area contributed by atoms with Crippen LogP contribution in [0.2, 0.25) is 0 Å². The molecule has 0 N–H and O–H groups in total. The molecule has 2 rings (SSSR count). The summed E-state index contributed by atoms with van der Waals surface area (Å²) < 4.78 is 13.0. The van der Waals surface area contributed by atoms with E-state index in [0.29, 0.717) is 16.0 Å². The van der Waals surface area contributed by atoms with Gasteiger partial charge in [0.15, 0.2) is 0 Å². The number of benzene rings is 1. The quantitative estimate of drug-likeness (QED) is 0.763. The number of rotatable bonds is 2. The van der Waals surface area contributed by atoms with Gasteiger partial charge in [-0.2, -0.15) is 0 Å². The predicted molar refractivity (Wildman–Crippen MR) is 66.2 cm³/mol. The van der Waals surface area contributed by atoms with Crippen molar-refractivity contribution in [3.8, 4) is 0 Å². The second-order valence-electron chi connectivity index (χ2n) is 3.94. The molecule has 0 atom stereocenters. The van der Waals surface area contributed by atoms with Gasteiger partial charge in [-0.3, -0.25) is 4.79 Å². The minimum Gasteiger partial charge on any atom is -0.288 e. The van der Waals surface area contributed by atoms with Gasteiger partial charge in [0.25, 0.3) is 0 Å². The molecule has 1 aromatic heterocycles. The smallest absolute Gasteiger partial charge is 0.205 e. The molecule has 0 amide bonds. The van der Waals surface area contributed by atoms with Gasteiger partial charge in [-0.05, 0) is 44.5 Å². The lowest BCUT2D eigenvalue weighted by Crippen LogP contribution is -2.03. The Morgan fingerprint density at radius 2 is 2.00 bits per heavy atom. The first kappa shape index (κ1) is 11.9. The zero-order chi connectivity index (χ0) is 12.6. The highest BCUT2D eigenvalue weighted by atomic mass is 32.1. The van der Waals surface area contributed by atoms with E-state index in [2.05, 4.69) is 4.98 Å². The van der Waals surface area contributed by atoms with E-state index in [4.69, 9.17) is 0 Å². The lowest BCUT2D eigenvalue weighted by molar-refractivity contribution is 0.104. The van der Waals surface area contributed by atoms with Crippen molar-refractivity contribution in [1.82, 2.24) is 4.98 Å². The summed E-state index contributed by atoms with van der Waals surface area (Å²) in [5, 5.41) is 0.866. The fourth-order valence-electron chi connectivity index (χ4n) is 1.75. The van der Waals surface area contributed by atoms with Crippen molar-refractivity contribution in [3.05, 3.63) is 50.7 Å². The van der Waals surface area contributed by atoms with Gasteiger partial charge < -0.3 is 0 Å². The van der Waals surface area contributed by atoms with Crippen LogP contribution >= 0.6 is 11.3 Å². The topological polar surface area (TPSA) is 30.0 Å². The second-order valence-corrected chi connectivity index (χ2v) is 5.14. The molecule has 0 unspecified atom stereocenters. The molecule has 0 radical (unpaired) electrons. The van der Waals surface area contributed by atoms with E-state index < -0.39 is 0 Å². The summed E-state index contributed by atoms with van der Waals surface area (Å²) in [5.41, 5.74) is 1.93. The Balaban J connectivity index is 2.47. The first-order chi connectivity index (χ1) is 7.99. The Morgan fingerprint density at radius 1 is 1.29 bits per heavy atom. The molecule has 4 heteroatoms. The van der Waals surface area contributed by atoms with Crippen molar-refractivity contribution < 1.29 is 9.18 Å². The first-order valence-corrected chi connectivity index (χ1v) is 6.05. The second kappa shape index (κ2) is 4.37. The third-order valence-electron chi connectivity index (χ3n) is 2.54. The number of thiazole rings is 1. The predicted octanol–water partition coefficient (Wildman–Crippen LogP) is 3.44. The molecule has 0 spiro atoms. The Bertz CT molecular complexity index is 589. The van der Waals surface area contributed by atoms with Gasteiger partial charge in [-0.15, -0.1) is 11.3 Å². The average Bonchev–Trinajstić information content (AvgIpc) is 2.57. The minimum atomic E-state index is -0.323. The molecule has 0 saturated carbocycles. The molecular formula is C13H12FNOS. The van der Waals surface area contributed by atoms with Crippen LogP contribution in [0.3, 0.4) is 0 Å². The van der Waals surface area contributed by atoms with Crippen LogP contribution in [-0.4, -0.2) is 10.8 Å². The van der Waals surface area contributed by atoms with E-state index in [1.807, 2.05) is 13.8 Å². The van der Waals surface area contributed by atoms with Crippen molar-refractivity contribution in [3.63, 3.8) is 0 Å². The molecule has 2 nitrogen and oxygen atoms in total. The van der Waals surface area contributed by atoms with Gasteiger partial charge >= 0.3 is 0 Å². The maximum atomic E-state index is 13.0. The molecule has 0 saturated heterocycles. The fraction of sp³-hybridized carbons (Fsp3) is 0.231. The Hall–Kier alpha value is -1.55. The summed E-state index contributed by atoms with van der Waals surface area (Å²) in [6.07, 6.45) is 0. The molecule has 0 fully saturated rings. The van der Waals surface area contributed by atoms with Crippen molar-refractivity contribution in [2.24, 2.45) is 0 Å². The number of aromatic nitrogens is 1. The Labute approximate surface area is 103 Å². The molecule has 0 bridgehead atoms. The van der Waals surface area contributed by atoms with E-state index in [1.54, 1.807) is 6.92 Å². The first-order valence-electron chi connectivity index (χ1n) is 5.24. The molecule has 1 aromatic carbocycles. The molecular weight excluding hydrogens is 237 g/mol. The molecule has 1 heterocycles. The largest absolute Gasteiger partial charge is 0.288 e. The van der Waals surface area contributed by atoms with Crippen LogP contribution < -0.4 is 0 Å². The molecule has 17 heavy (non-hydrogen) atoms. The number of nitrogens with zero attached hydrogens (tertiary/aromatic N) is 1. The van der Waals surface area contributed by atoms with Crippen LogP contribution in [0.25, 0.3) is 0 Å². The summed E-state index contributed by atoms with van der Waals surface area (Å²) in [5.74, 6) is -0.401. The zero-order valence-electron chi connectivity index (χ0n) is 9.87. The highest BCUT2D eigenvalue weighted by molar-refractivity contribution is 7.14. The van der Waals surface area contributed by atoms with Crippen LogP contribution in [0.5, 0.6) is 0 Å². The van der Waals surface area contributed by atoms with Crippen molar-refractivity contribution in [1.29, 1.82) is 0 Å². The number of carbonyl (C=O) groups is 1. The summed E-state index contributed by atoms with van der Waals surface area (Å²) in [6.45, 7) is 5.42. The maximum Gasteiger partial charge on any atom is 0.205 e. The molecule has 0 aliphatic heterocycles. The van der Waals surface area contributed by atoms with Gasteiger partial charge in [0.1, 0.15) is 5.82 Å². The van der Waals surface area contributed by atoms with Crippen molar-refractivity contribution in [2.45, 2.75) is 20.8 Å². The normalized spacial score (nSPS) is 10.6. The van der Waals surface area contributed by atoms with Crippen LogP contribution in [0.15, 0.2) is 18.2 Å². The number of hydrogen-bond donors (Lipinski definition) is 0. The van der Waals surface area contributed by atoms with Gasteiger partial charge in [0.05, 0.1) is 15.6 Å². The summed E-state index contributed by atoms with van der Waals surface area (Å²) >= 11 is 1.38. The molecule has 88 valence electrons. The monoisotopic (exact) mass is 249 g/mol. The van der Waals surface area contributed by atoms with Crippen LogP contribution in [0.4, 0.5) is 4.39 Å². The number of ketones is 1. The third-order valence-corrected chi connectivity index (χ3v) is 3.61. The fourth-order valence-corrected chi connectivity index (χ4v) is 2.62. The third kappa shape index (κ3) is 2.26. The van der Waals surface area contributed by atoms with Gasteiger partial charge in [0, 0.05) is 5.56 Å². The molecule has 0 aliphatic carbocycles. The number of hydrogen-bond acceptors (Lipinski definition) is 3.